The fourth-order valence-electron chi connectivity index (χ4n) is 3.47. The van der Waals surface area contributed by atoms with Crippen LogP contribution in [0.3, 0.4) is 0 Å². The number of aliphatic hydroxyl groups is 2. The zero-order chi connectivity index (χ0) is 16.3. The second kappa shape index (κ2) is 4.34. The first-order valence-corrected chi connectivity index (χ1v) is 6.63. The van der Waals surface area contributed by atoms with Crippen molar-refractivity contribution in [1.82, 2.24) is 10.4 Å². The van der Waals surface area contributed by atoms with Gasteiger partial charge >= 0.3 is 18.0 Å². The van der Waals surface area contributed by atoms with E-state index in [2.05, 4.69) is 10.3 Å². The van der Waals surface area contributed by atoms with Gasteiger partial charge in [-0.2, -0.15) is 0 Å². The summed E-state index contributed by atoms with van der Waals surface area (Å²) in [6.07, 6.45) is -1.05. The van der Waals surface area contributed by atoms with Gasteiger partial charge in [-0.1, -0.05) is 0 Å². The van der Waals surface area contributed by atoms with Crippen LogP contribution in [-0.2, 0) is 4.74 Å². The Kier molecular flexibility index (Phi) is 2.89. The van der Waals surface area contributed by atoms with E-state index in [-0.39, 0.29) is 31.5 Å². The van der Waals surface area contributed by atoms with E-state index in [0.717, 1.165) is 0 Å². The van der Waals surface area contributed by atoms with E-state index < -0.39 is 29.6 Å². The van der Waals surface area contributed by atoms with Gasteiger partial charge in [-0.3, -0.25) is 16.5 Å². The van der Waals surface area contributed by atoms with Crippen LogP contribution in [0, 0.1) is 0 Å². The summed E-state index contributed by atoms with van der Waals surface area (Å²) >= 11 is 0. The molecule has 3 rings (SSSR count). The molecule has 0 radical (unpaired) electrons. The molecule has 3 aliphatic rings. The molecular formula is C10H19N7O5+2. The van der Waals surface area contributed by atoms with Crippen LogP contribution in [0.5, 0.6) is 0 Å². The molecule has 0 saturated carbocycles. The molecule has 1 saturated heterocycles. The number of amides is 1. The lowest BCUT2D eigenvalue weighted by Gasteiger charge is -2.41. The smallest absolute Gasteiger partial charge is 0.404 e. The van der Waals surface area contributed by atoms with Crippen LogP contribution >= 0.6 is 0 Å². The van der Waals surface area contributed by atoms with E-state index in [9.17, 15) is 20.2 Å². The van der Waals surface area contributed by atoms with Gasteiger partial charge in [0.2, 0.25) is 5.79 Å². The second-order valence-corrected chi connectivity index (χ2v) is 5.55. The number of primary amides is 1. The number of carbonyl (C=O) groups is 1. The van der Waals surface area contributed by atoms with E-state index in [1.807, 2.05) is 0 Å². The maximum Gasteiger partial charge on any atom is 0.404 e. The molecule has 12 nitrogen and oxygen atoms in total. The van der Waals surface area contributed by atoms with Gasteiger partial charge in [-0.25, -0.2) is 19.9 Å². The number of hydrogen-bond acceptors (Lipinski definition) is 9. The lowest BCUT2D eigenvalue weighted by atomic mass is 9.87. The maximum absolute atomic E-state index is 10.8. The molecule has 11 N–H and O–H groups in total. The van der Waals surface area contributed by atoms with Crippen molar-refractivity contribution in [3.8, 4) is 0 Å². The summed E-state index contributed by atoms with van der Waals surface area (Å²) in [5.74, 6) is -2.22. The highest BCUT2D eigenvalue weighted by Crippen LogP contribution is 2.38. The number of carbonyl (C=O) groups excluding carboxylic acids is 1. The summed E-state index contributed by atoms with van der Waals surface area (Å²) < 4.78 is 6.13. The van der Waals surface area contributed by atoms with Gasteiger partial charge < -0.3 is 20.7 Å². The predicted molar refractivity (Wildman–Crippen MR) is 68.9 cm³/mol. The Hall–Kier alpha value is -2.31. The zero-order valence-corrected chi connectivity index (χ0v) is 11.6. The largest absolute Gasteiger partial charge is 0.446 e. The Labute approximate surface area is 124 Å². The van der Waals surface area contributed by atoms with E-state index in [1.54, 1.807) is 0 Å². The number of nitrogens with two attached hydrogens (primary N) is 3. The predicted octanol–water partition coefficient (Wildman–Crippen LogP) is -6.37. The summed E-state index contributed by atoms with van der Waals surface area (Å²) in [6, 6.07) is -1.77. The minimum absolute atomic E-state index is 0.0244. The third-order valence-corrected chi connectivity index (χ3v) is 4.41. The van der Waals surface area contributed by atoms with Crippen LogP contribution in [0.15, 0.2) is 0 Å². The van der Waals surface area contributed by atoms with Crippen molar-refractivity contribution in [2.75, 3.05) is 13.2 Å². The number of hydrogen-bond donors (Lipinski definition) is 8. The summed E-state index contributed by atoms with van der Waals surface area (Å²) in [4.78, 5) is 13.6. The summed E-state index contributed by atoms with van der Waals surface area (Å²) in [6.45, 7) is -0.150. The molecule has 1 unspecified atom stereocenters. The third-order valence-electron chi connectivity index (χ3n) is 4.41. The Bertz CT molecular complexity index is 590. The number of rotatable bonds is 2. The standard InChI is InChI=1S/C10H17N7O5/c11-6-14-5-4(3-22-8(13)18)17(21)7(12)16-2-1-9(19,20)10(5,16)15-6/h4-5,12,19-21H,1-3H2,(H5,11,13,14,15,18)/p+2/t4-,5-,10?/m0/s1. The first-order valence-electron chi connectivity index (χ1n) is 6.63. The van der Waals surface area contributed by atoms with Gasteiger partial charge in [0, 0.05) is 6.42 Å². The highest BCUT2D eigenvalue weighted by molar-refractivity contribution is 5.77. The molecule has 1 spiro atoms. The minimum atomic E-state index is -2.18. The Balaban J connectivity index is 2.08. The molecule has 0 aromatic heterocycles. The van der Waals surface area contributed by atoms with Crippen LogP contribution in [0.1, 0.15) is 6.42 Å². The van der Waals surface area contributed by atoms with Crippen LogP contribution in [-0.4, -0.2) is 79.8 Å². The number of guanidine groups is 2. The lowest BCUT2D eigenvalue weighted by molar-refractivity contribution is -0.684. The first-order chi connectivity index (χ1) is 10.2. The number of hydroxylamine groups is 2. The Morgan fingerprint density at radius 2 is 2.23 bits per heavy atom. The second-order valence-electron chi connectivity index (χ2n) is 5.55. The Morgan fingerprint density at radius 3 is 2.86 bits per heavy atom. The molecule has 22 heavy (non-hydrogen) atoms. The third kappa shape index (κ3) is 1.65. The van der Waals surface area contributed by atoms with Crippen LogP contribution in [0.2, 0.25) is 0 Å². The van der Waals surface area contributed by atoms with E-state index in [4.69, 9.17) is 21.9 Å². The average Bonchev–Trinajstić information content (AvgIpc) is 2.89. The summed E-state index contributed by atoms with van der Waals surface area (Å²) in [5.41, 5.74) is 15.1. The summed E-state index contributed by atoms with van der Waals surface area (Å²) in [7, 11) is 0. The number of ether oxygens (including phenoxy) is 1. The molecule has 1 fully saturated rings. The first kappa shape index (κ1) is 14.6. The number of nitrogens with zero attached hydrogens (tertiary/aromatic N) is 2. The normalized spacial score (nSPS) is 35.6. The summed E-state index contributed by atoms with van der Waals surface area (Å²) in [5, 5.41) is 34.5. The molecule has 3 aliphatic heterocycles. The van der Waals surface area contributed by atoms with Crippen molar-refractivity contribution in [3.05, 3.63) is 0 Å². The van der Waals surface area contributed by atoms with Gasteiger partial charge in [0.1, 0.15) is 6.61 Å². The highest BCUT2D eigenvalue weighted by atomic mass is 16.6. The van der Waals surface area contributed by atoms with Gasteiger partial charge in [-0.15, -0.1) is 5.06 Å². The van der Waals surface area contributed by atoms with Crippen molar-refractivity contribution in [1.29, 1.82) is 0 Å². The topological polar surface area (TPSA) is 197 Å². The van der Waals surface area contributed by atoms with E-state index >= 15 is 0 Å². The van der Waals surface area contributed by atoms with Gasteiger partial charge in [0.05, 0.1) is 6.54 Å². The van der Waals surface area contributed by atoms with Crippen LogP contribution < -0.4 is 27.5 Å². The van der Waals surface area contributed by atoms with Crippen molar-refractivity contribution >= 4 is 18.0 Å². The molecule has 1 amide bonds. The Morgan fingerprint density at radius 1 is 1.55 bits per heavy atom. The molecule has 0 bridgehead atoms. The van der Waals surface area contributed by atoms with Gasteiger partial charge in [0.15, 0.2) is 12.1 Å². The quantitative estimate of drug-likeness (QED) is 0.180. The van der Waals surface area contributed by atoms with E-state index in [0.29, 0.717) is 5.06 Å². The fourth-order valence-corrected chi connectivity index (χ4v) is 3.47. The molecule has 122 valence electrons. The van der Waals surface area contributed by atoms with Crippen molar-refractivity contribution in [2.45, 2.75) is 30.0 Å². The van der Waals surface area contributed by atoms with Crippen LogP contribution in [0.4, 0.5) is 4.79 Å². The monoisotopic (exact) mass is 317 g/mol. The van der Waals surface area contributed by atoms with Crippen molar-refractivity contribution < 1.29 is 34.5 Å². The lowest BCUT2D eigenvalue weighted by Crippen LogP contribution is -2.91. The van der Waals surface area contributed by atoms with Crippen LogP contribution in [0.25, 0.3) is 0 Å². The van der Waals surface area contributed by atoms with Crippen molar-refractivity contribution in [3.63, 3.8) is 0 Å². The highest BCUT2D eigenvalue weighted by Gasteiger charge is 2.76. The fraction of sp³-hybridized carbons (Fsp3) is 0.700. The molecule has 3 heterocycles. The van der Waals surface area contributed by atoms with E-state index in [1.165, 1.54) is 4.58 Å². The zero-order valence-electron chi connectivity index (χ0n) is 11.6. The maximum atomic E-state index is 10.8. The molecule has 0 aromatic rings. The minimum Gasteiger partial charge on any atom is -0.446 e. The van der Waals surface area contributed by atoms with Crippen molar-refractivity contribution in [2.24, 2.45) is 17.2 Å². The number of nitrogens with one attached hydrogen (secondary N) is 2. The molecule has 3 atom stereocenters. The SMILES string of the molecule is NC(=O)OC[C@H]1[C@@H]2[NH+]=C(N)NC23[N+](=C(N)N1O)CCC3(O)O. The molecule has 0 aromatic carbocycles. The van der Waals surface area contributed by atoms with Gasteiger partial charge in [0.25, 0.3) is 5.66 Å². The molecule has 12 heteroatoms. The molecule has 0 aliphatic carbocycles. The van der Waals surface area contributed by atoms with Gasteiger partial charge in [-0.05, 0) is 0 Å². The average molecular weight is 317 g/mol. The molecular weight excluding hydrogens is 298 g/mol.